The van der Waals surface area contributed by atoms with Crippen molar-refractivity contribution >= 4 is 5.69 Å². The maximum Gasteiger partial charge on any atom is 0.418 e. The van der Waals surface area contributed by atoms with Crippen molar-refractivity contribution in [3.05, 3.63) is 47.8 Å². The van der Waals surface area contributed by atoms with Gasteiger partial charge in [0.05, 0.1) is 17.8 Å². The van der Waals surface area contributed by atoms with E-state index in [4.69, 9.17) is 0 Å². The summed E-state index contributed by atoms with van der Waals surface area (Å²) in [7, 11) is 1.76. The number of aromatic nitrogens is 2. The summed E-state index contributed by atoms with van der Waals surface area (Å²) in [5, 5.41) is 6.84. The fourth-order valence-corrected chi connectivity index (χ4v) is 1.63. The third-order valence-electron chi connectivity index (χ3n) is 2.46. The van der Waals surface area contributed by atoms with Gasteiger partial charge in [0.1, 0.15) is 0 Å². The zero-order valence-electron chi connectivity index (χ0n) is 9.70. The first-order valence-corrected chi connectivity index (χ1v) is 5.35. The van der Waals surface area contributed by atoms with Gasteiger partial charge in [-0.3, -0.25) is 4.68 Å². The molecule has 1 heterocycles. The second kappa shape index (κ2) is 4.72. The molecule has 0 fully saturated rings. The lowest BCUT2D eigenvalue weighted by Crippen LogP contribution is -2.10. The molecule has 18 heavy (non-hydrogen) atoms. The van der Waals surface area contributed by atoms with Crippen LogP contribution < -0.4 is 5.32 Å². The van der Waals surface area contributed by atoms with Gasteiger partial charge in [0.2, 0.25) is 0 Å². The number of para-hydroxylation sites is 1. The van der Waals surface area contributed by atoms with Crippen LogP contribution >= 0.6 is 0 Å². The van der Waals surface area contributed by atoms with Crippen LogP contribution in [-0.4, -0.2) is 9.78 Å². The summed E-state index contributed by atoms with van der Waals surface area (Å²) < 4.78 is 39.8. The third-order valence-corrected chi connectivity index (χ3v) is 2.46. The topological polar surface area (TPSA) is 29.9 Å². The van der Waals surface area contributed by atoms with Crippen molar-refractivity contribution in [3.8, 4) is 0 Å². The molecule has 1 N–H and O–H groups in total. The van der Waals surface area contributed by atoms with Crippen LogP contribution in [0.15, 0.2) is 36.5 Å². The number of halogens is 3. The van der Waals surface area contributed by atoms with E-state index in [1.54, 1.807) is 30.1 Å². The van der Waals surface area contributed by atoms with E-state index in [1.807, 2.05) is 0 Å². The lowest BCUT2D eigenvalue weighted by atomic mass is 10.1. The van der Waals surface area contributed by atoms with E-state index in [2.05, 4.69) is 10.4 Å². The molecule has 0 atom stereocenters. The zero-order valence-corrected chi connectivity index (χ0v) is 9.70. The molecule has 1 aromatic carbocycles. The molecule has 6 heteroatoms. The maximum atomic E-state index is 12.7. The Labute approximate surface area is 102 Å². The lowest BCUT2D eigenvalue weighted by Gasteiger charge is -2.13. The molecule has 0 unspecified atom stereocenters. The molecular formula is C12H12F3N3. The van der Waals surface area contributed by atoms with E-state index in [1.165, 1.54) is 12.1 Å². The van der Waals surface area contributed by atoms with E-state index in [0.717, 1.165) is 6.07 Å². The summed E-state index contributed by atoms with van der Waals surface area (Å²) in [6, 6.07) is 7.15. The highest BCUT2D eigenvalue weighted by atomic mass is 19.4. The van der Waals surface area contributed by atoms with Crippen molar-refractivity contribution in [2.75, 3.05) is 5.32 Å². The van der Waals surface area contributed by atoms with Crippen LogP contribution in [0.1, 0.15) is 11.3 Å². The van der Waals surface area contributed by atoms with Gasteiger partial charge in [-0.2, -0.15) is 18.3 Å². The van der Waals surface area contributed by atoms with Gasteiger partial charge in [0.25, 0.3) is 0 Å². The van der Waals surface area contributed by atoms with Crippen LogP contribution in [0, 0.1) is 0 Å². The van der Waals surface area contributed by atoms with E-state index in [-0.39, 0.29) is 12.2 Å². The van der Waals surface area contributed by atoms with Gasteiger partial charge in [-0.05, 0) is 18.2 Å². The second-order valence-electron chi connectivity index (χ2n) is 3.88. The van der Waals surface area contributed by atoms with Gasteiger partial charge in [-0.25, -0.2) is 0 Å². The average Bonchev–Trinajstić information content (AvgIpc) is 2.72. The Morgan fingerprint density at radius 1 is 1.22 bits per heavy atom. The first kappa shape index (κ1) is 12.5. The van der Waals surface area contributed by atoms with Crippen molar-refractivity contribution < 1.29 is 13.2 Å². The van der Waals surface area contributed by atoms with Crippen LogP contribution in [0.5, 0.6) is 0 Å². The average molecular weight is 255 g/mol. The molecule has 0 aliphatic rings. The van der Waals surface area contributed by atoms with E-state index < -0.39 is 11.7 Å². The number of anilines is 1. The lowest BCUT2D eigenvalue weighted by molar-refractivity contribution is -0.136. The molecule has 2 aromatic rings. The standard InChI is InChI=1S/C12H12F3N3/c1-18-7-6-9(17-18)8-16-11-5-3-2-4-10(11)12(13,14)15/h2-7,16H,8H2,1H3. The Morgan fingerprint density at radius 2 is 1.94 bits per heavy atom. The molecule has 0 aliphatic carbocycles. The largest absolute Gasteiger partial charge is 0.418 e. The fraction of sp³-hybridized carbons (Fsp3) is 0.250. The summed E-state index contributed by atoms with van der Waals surface area (Å²) in [5.41, 5.74) is 0.0889. The minimum Gasteiger partial charge on any atom is -0.379 e. The Hall–Kier alpha value is -1.98. The number of hydrogen-bond acceptors (Lipinski definition) is 2. The van der Waals surface area contributed by atoms with Crippen molar-refractivity contribution in [1.29, 1.82) is 0 Å². The molecule has 96 valence electrons. The summed E-state index contributed by atoms with van der Waals surface area (Å²) in [5.74, 6) is 0. The number of alkyl halides is 3. The zero-order chi connectivity index (χ0) is 13.2. The van der Waals surface area contributed by atoms with Gasteiger partial charge in [-0.1, -0.05) is 12.1 Å². The van der Waals surface area contributed by atoms with Crippen LogP contribution in [0.2, 0.25) is 0 Å². The molecule has 3 nitrogen and oxygen atoms in total. The van der Waals surface area contributed by atoms with Gasteiger partial charge in [0.15, 0.2) is 0 Å². The van der Waals surface area contributed by atoms with Crippen LogP contribution in [0.25, 0.3) is 0 Å². The maximum absolute atomic E-state index is 12.7. The Balaban J connectivity index is 2.14. The Bertz CT molecular complexity index is 531. The minimum atomic E-state index is -4.35. The summed E-state index contributed by atoms with van der Waals surface area (Å²) >= 11 is 0. The minimum absolute atomic E-state index is 0.0654. The molecule has 1 aromatic heterocycles. The predicted octanol–water partition coefficient (Wildman–Crippen LogP) is 3.05. The Morgan fingerprint density at radius 3 is 2.56 bits per heavy atom. The molecule has 0 saturated carbocycles. The normalized spacial score (nSPS) is 11.6. The van der Waals surface area contributed by atoms with Gasteiger partial charge in [-0.15, -0.1) is 0 Å². The highest BCUT2D eigenvalue weighted by molar-refractivity contribution is 5.52. The van der Waals surface area contributed by atoms with Crippen molar-refractivity contribution in [3.63, 3.8) is 0 Å². The molecule has 2 rings (SSSR count). The SMILES string of the molecule is Cn1ccc(CNc2ccccc2C(F)(F)F)n1. The van der Waals surface area contributed by atoms with Gasteiger partial charge < -0.3 is 5.32 Å². The monoisotopic (exact) mass is 255 g/mol. The molecule has 0 spiro atoms. The first-order valence-electron chi connectivity index (χ1n) is 5.35. The predicted molar refractivity (Wildman–Crippen MR) is 62.0 cm³/mol. The van der Waals surface area contributed by atoms with Crippen molar-refractivity contribution in [2.24, 2.45) is 7.05 Å². The smallest absolute Gasteiger partial charge is 0.379 e. The number of nitrogens with zero attached hydrogens (tertiary/aromatic N) is 2. The highest BCUT2D eigenvalue weighted by Gasteiger charge is 2.33. The fourth-order valence-electron chi connectivity index (χ4n) is 1.63. The van der Waals surface area contributed by atoms with Crippen molar-refractivity contribution in [2.45, 2.75) is 12.7 Å². The van der Waals surface area contributed by atoms with Crippen LogP contribution in [-0.2, 0) is 19.8 Å². The second-order valence-corrected chi connectivity index (χ2v) is 3.88. The number of benzene rings is 1. The third kappa shape index (κ3) is 2.82. The Kier molecular flexibility index (Phi) is 3.27. The number of aryl methyl sites for hydroxylation is 1. The summed E-state index contributed by atoms with van der Waals surface area (Å²) in [4.78, 5) is 0. The summed E-state index contributed by atoms with van der Waals surface area (Å²) in [6.45, 7) is 0.258. The number of nitrogens with one attached hydrogen (secondary N) is 1. The van der Waals surface area contributed by atoms with Gasteiger partial charge in [0, 0.05) is 18.9 Å². The van der Waals surface area contributed by atoms with Crippen LogP contribution in [0.3, 0.4) is 0 Å². The van der Waals surface area contributed by atoms with E-state index in [0.29, 0.717) is 5.69 Å². The molecule has 0 bridgehead atoms. The first-order chi connectivity index (χ1) is 8.47. The molecule has 0 saturated heterocycles. The van der Waals surface area contributed by atoms with E-state index >= 15 is 0 Å². The molecular weight excluding hydrogens is 243 g/mol. The van der Waals surface area contributed by atoms with E-state index in [9.17, 15) is 13.2 Å². The molecule has 0 radical (unpaired) electrons. The van der Waals surface area contributed by atoms with Crippen molar-refractivity contribution in [1.82, 2.24) is 9.78 Å². The molecule has 0 aliphatic heterocycles. The molecule has 0 amide bonds. The number of rotatable bonds is 3. The highest BCUT2D eigenvalue weighted by Crippen LogP contribution is 2.34. The van der Waals surface area contributed by atoms with Crippen LogP contribution in [0.4, 0.5) is 18.9 Å². The summed E-state index contributed by atoms with van der Waals surface area (Å²) in [6.07, 6.45) is -2.61. The van der Waals surface area contributed by atoms with Gasteiger partial charge >= 0.3 is 6.18 Å². The quantitative estimate of drug-likeness (QED) is 0.913. The number of hydrogen-bond donors (Lipinski definition) is 1.